The third-order valence-corrected chi connectivity index (χ3v) is 3.12. The van der Waals surface area contributed by atoms with Crippen LogP contribution in [0.5, 0.6) is 0 Å². The van der Waals surface area contributed by atoms with E-state index >= 15 is 0 Å². The molecule has 2 rings (SSSR count). The molecule has 0 radical (unpaired) electrons. The largest absolute Gasteiger partial charge is 0.396 e. The fourth-order valence-corrected chi connectivity index (χ4v) is 1.99. The number of thioether (sulfide) groups is 1. The number of para-hydroxylation sites is 1. The van der Waals surface area contributed by atoms with E-state index in [1.807, 2.05) is 36.6 Å². The summed E-state index contributed by atoms with van der Waals surface area (Å²) in [6, 6.07) is 11.6. The van der Waals surface area contributed by atoms with Crippen LogP contribution in [-0.2, 0) is 0 Å². The molecule has 0 saturated heterocycles. The third-order valence-electron chi connectivity index (χ3n) is 2.33. The Morgan fingerprint density at radius 3 is 2.59 bits per heavy atom. The molecule has 2 aromatic rings. The van der Waals surface area contributed by atoms with Gasteiger partial charge in [0.1, 0.15) is 11.6 Å². The Bertz CT molecular complexity index is 528. The predicted octanol–water partition coefficient (Wildman–Crippen LogP) is 2.71. The van der Waals surface area contributed by atoms with Crippen LogP contribution in [0.2, 0.25) is 0 Å². The first-order valence-electron chi connectivity index (χ1n) is 5.12. The van der Waals surface area contributed by atoms with Gasteiger partial charge in [-0.25, -0.2) is 4.98 Å². The Morgan fingerprint density at radius 2 is 1.88 bits per heavy atom. The van der Waals surface area contributed by atoms with Gasteiger partial charge < -0.3 is 16.8 Å². The van der Waals surface area contributed by atoms with Gasteiger partial charge in [-0.1, -0.05) is 12.1 Å². The molecular formula is C12H14N4S. The molecule has 0 fully saturated rings. The van der Waals surface area contributed by atoms with Crippen LogP contribution in [-0.4, -0.2) is 11.2 Å². The minimum absolute atomic E-state index is 0.344. The number of nitrogens with two attached hydrogens (primary N) is 2. The van der Waals surface area contributed by atoms with Gasteiger partial charge in [0.25, 0.3) is 0 Å². The van der Waals surface area contributed by atoms with Gasteiger partial charge in [0.2, 0.25) is 0 Å². The summed E-state index contributed by atoms with van der Waals surface area (Å²) in [5.74, 6) is 1.04. The Morgan fingerprint density at radius 1 is 1.12 bits per heavy atom. The number of nitrogens with zero attached hydrogens (tertiary/aromatic N) is 1. The minimum atomic E-state index is 0.344. The lowest BCUT2D eigenvalue weighted by Gasteiger charge is -2.10. The van der Waals surface area contributed by atoms with Crippen molar-refractivity contribution in [2.24, 2.45) is 0 Å². The maximum Gasteiger partial charge on any atom is 0.149 e. The van der Waals surface area contributed by atoms with Crippen molar-refractivity contribution in [1.82, 2.24) is 4.98 Å². The summed E-state index contributed by atoms with van der Waals surface area (Å²) in [5, 5.41) is 3.22. The fraction of sp³-hybridized carbons (Fsp3) is 0.0833. The van der Waals surface area contributed by atoms with Crippen molar-refractivity contribution in [3.8, 4) is 0 Å². The van der Waals surface area contributed by atoms with E-state index < -0.39 is 0 Å². The van der Waals surface area contributed by atoms with Crippen LogP contribution in [0.4, 0.5) is 23.0 Å². The van der Waals surface area contributed by atoms with E-state index in [2.05, 4.69) is 10.3 Å². The molecular weight excluding hydrogens is 232 g/mol. The van der Waals surface area contributed by atoms with Crippen molar-refractivity contribution in [3.63, 3.8) is 0 Å². The molecule has 0 bridgehead atoms. The Balaban J connectivity index is 2.28. The molecule has 1 aromatic heterocycles. The third kappa shape index (κ3) is 2.62. The van der Waals surface area contributed by atoms with E-state index in [4.69, 9.17) is 11.5 Å². The predicted molar refractivity (Wildman–Crippen MR) is 74.6 cm³/mol. The number of benzene rings is 1. The summed E-state index contributed by atoms with van der Waals surface area (Å²) < 4.78 is 0. The number of hydrogen-bond acceptors (Lipinski definition) is 5. The molecule has 5 heteroatoms. The van der Waals surface area contributed by atoms with Crippen LogP contribution in [0.25, 0.3) is 0 Å². The topological polar surface area (TPSA) is 77.0 Å². The summed E-state index contributed by atoms with van der Waals surface area (Å²) in [7, 11) is 0. The van der Waals surface area contributed by atoms with E-state index in [9.17, 15) is 0 Å². The van der Waals surface area contributed by atoms with E-state index in [0.717, 1.165) is 10.6 Å². The molecule has 4 nitrogen and oxygen atoms in total. The van der Waals surface area contributed by atoms with Crippen molar-refractivity contribution in [1.29, 1.82) is 0 Å². The molecule has 0 aliphatic heterocycles. The molecule has 0 spiro atoms. The highest BCUT2D eigenvalue weighted by atomic mass is 32.2. The summed E-state index contributed by atoms with van der Waals surface area (Å²) in [6.45, 7) is 0. The van der Waals surface area contributed by atoms with Crippen molar-refractivity contribution in [2.75, 3.05) is 23.0 Å². The zero-order valence-corrected chi connectivity index (χ0v) is 10.3. The van der Waals surface area contributed by atoms with Crippen LogP contribution < -0.4 is 16.8 Å². The lowest BCUT2D eigenvalue weighted by Crippen LogP contribution is -2.01. The van der Waals surface area contributed by atoms with E-state index in [0.29, 0.717) is 17.3 Å². The van der Waals surface area contributed by atoms with Gasteiger partial charge in [0, 0.05) is 4.90 Å². The van der Waals surface area contributed by atoms with Crippen molar-refractivity contribution in [3.05, 3.63) is 36.4 Å². The van der Waals surface area contributed by atoms with Gasteiger partial charge in [-0.05, 0) is 30.5 Å². The summed E-state index contributed by atoms with van der Waals surface area (Å²) >= 11 is 1.68. The standard InChI is InChI=1S/C12H14N4S/c1-17-10-5-3-2-4-9(10)15-11-7-6-8(13)12(14)16-11/h2-7H,13H2,1H3,(H3,14,15,16). The molecule has 5 N–H and O–H groups in total. The molecule has 0 aliphatic carbocycles. The normalized spacial score (nSPS) is 10.2. The quantitative estimate of drug-likeness (QED) is 0.726. The van der Waals surface area contributed by atoms with E-state index in [1.54, 1.807) is 17.8 Å². The number of nitrogens with one attached hydrogen (secondary N) is 1. The first-order chi connectivity index (χ1) is 8.20. The lowest BCUT2D eigenvalue weighted by atomic mass is 10.3. The summed E-state index contributed by atoms with van der Waals surface area (Å²) in [6.07, 6.45) is 2.03. The molecule has 0 saturated carbocycles. The molecule has 88 valence electrons. The molecule has 0 unspecified atom stereocenters. The number of aromatic nitrogens is 1. The zero-order chi connectivity index (χ0) is 12.3. The summed E-state index contributed by atoms with van der Waals surface area (Å²) in [4.78, 5) is 5.33. The Labute approximate surface area is 104 Å². The van der Waals surface area contributed by atoms with Crippen molar-refractivity contribution in [2.45, 2.75) is 4.90 Å². The second-order valence-corrected chi connectivity index (χ2v) is 4.34. The molecule has 17 heavy (non-hydrogen) atoms. The second kappa shape index (κ2) is 4.97. The lowest BCUT2D eigenvalue weighted by molar-refractivity contribution is 1.30. The van der Waals surface area contributed by atoms with Gasteiger partial charge in [0.05, 0.1) is 11.4 Å². The number of hydrogen-bond donors (Lipinski definition) is 3. The van der Waals surface area contributed by atoms with Gasteiger partial charge in [-0.2, -0.15) is 0 Å². The Kier molecular flexibility index (Phi) is 3.39. The second-order valence-electron chi connectivity index (χ2n) is 3.50. The van der Waals surface area contributed by atoms with Crippen LogP contribution in [0.15, 0.2) is 41.3 Å². The molecule has 0 atom stereocenters. The highest BCUT2D eigenvalue weighted by Gasteiger charge is 2.03. The minimum Gasteiger partial charge on any atom is -0.396 e. The average Bonchev–Trinajstić information content (AvgIpc) is 2.34. The summed E-state index contributed by atoms with van der Waals surface area (Å²) in [5.41, 5.74) is 12.8. The van der Waals surface area contributed by atoms with Crippen LogP contribution in [0.3, 0.4) is 0 Å². The maximum atomic E-state index is 5.66. The number of rotatable bonds is 3. The SMILES string of the molecule is CSc1ccccc1Nc1ccc(N)c(N)n1. The first kappa shape index (κ1) is 11.6. The molecule has 1 heterocycles. The average molecular weight is 246 g/mol. The molecule has 0 amide bonds. The fourth-order valence-electron chi connectivity index (χ4n) is 1.44. The van der Waals surface area contributed by atoms with E-state index in [1.165, 1.54) is 0 Å². The maximum absolute atomic E-state index is 5.66. The van der Waals surface area contributed by atoms with Gasteiger partial charge >= 0.3 is 0 Å². The zero-order valence-electron chi connectivity index (χ0n) is 9.47. The first-order valence-corrected chi connectivity index (χ1v) is 6.35. The van der Waals surface area contributed by atoms with E-state index in [-0.39, 0.29) is 0 Å². The van der Waals surface area contributed by atoms with Gasteiger partial charge in [0.15, 0.2) is 0 Å². The van der Waals surface area contributed by atoms with Crippen LogP contribution >= 0.6 is 11.8 Å². The number of pyridine rings is 1. The highest BCUT2D eigenvalue weighted by molar-refractivity contribution is 7.98. The van der Waals surface area contributed by atoms with Crippen LogP contribution in [0.1, 0.15) is 0 Å². The van der Waals surface area contributed by atoms with Gasteiger partial charge in [-0.15, -0.1) is 11.8 Å². The Hall–Kier alpha value is -1.88. The van der Waals surface area contributed by atoms with Gasteiger partial charge in [-0.3, -0.25) is 0 Å². The molecule has 0 aliphatic rings. The van der Waals surface area contributed by atoms with Crippen LogP contribution in [0, 0.1) is 0 Å². The number of nitrogen functional groups attached to an aromatic ring is 2. The van der Waals surface area contributed by atoms with Crippen molar-refractivity contribution < 1.29 is 0 Å². The molecule has 1 aromatic carbocycles. The smallest absolute Gasteiger partial charge is 0.149 e. The highest BCUT2D eigenvalue weighted by Crippen LogP contribution is 2.27. The monoisotopic (exact) mass is 246 g/mol. The van der Waals surface area contributed by atoms with Crippen molar-refractivity contribution >= 4 is 34.8 Å². The number of anilines is 4.